The fourth-order valence-corrected chi connectivity index (χ4v) is 2.14. The zero-order chi connectivity index (χ0) is 13.4. The Bertz CT molecular complexity index is 255. The molecule has 5 heteroatoms. The third kappa shape index (κ3) is 5.96. The molecule has 0 fully saturated rings. The van der Waals surface area contributed by atoms with Gasteiger partial charge in [0.15, 0.2) is 0 Å². The van der Waals surface area contributed by atoms with Crippen LogP contribution < -0.4 is 10.6 Å². The largest absolute Gasteiger partial charge is 0.352 e. The monoisotopic (exact) mass is 260 g/mol. The Kier molecular flexibility index (Phi) is 8.04. The number of hydrogen-bond donors (Lipinski definition) is 3. The van der Waals surface area contributed by atoms with Crippen molar-refractivity contribution < 1.29 is 9.59 Å². The summed E-state index contributed by atoms with van der Waals surface area (Å²) in [6.07, 6.45) is 2.06. The molecule has 2 atom stereocenters. The van der Waals surface area contributed by atoms with Crippen molar-refractivity contribution >= 4 is 24.4 Å². The van der Waals surface area contributed by atoms with Crippen LogP contribution in [0.25, 0.3) is 0 Å². The highest BCUT2D eigenvalue weighted by Crippen LogP contribution is 2.12. The van der Waals surface area contributed by atoms with Gasteiger partial charge in [-0.15, -0.1) is 0 Å². The first-order valence-electron chi connectivity index (χ1n) is 6.14. The Labute approximate surface area is 109 Å². The SMILES string of the molecule is CCC(CC)C(C)NC(=O)C(CS)NC(C)=O. The Morgan fingerprint density at radius 2 is 1.71 bits per heavy atom. The van der Waals surface area contributed by atoms with Crippen molar-refractivity contribution in [3.8, 4) is 0 Å². The van der Waals surface area contributed by atoms with Gasteiger partial charge < -0.3 is 10.6 Å². The molecule has 2 unspecified atom stereocenters. The minimum atomic E-state index is -0.548. The second kappa shape index (κ2) is 8.39. The van der Waals surface area contributed by atoms with Crippen LogP contribution in [0.5, 0.6) is 0 Å². The molecule has 2 N–H and O–H groups in total. The normalized spacial score (nSPS) is 14.2. The summed E-state index contributed by atoms with van der Waals surface area (Å²) in [7, 11) is 0. The van der Waals surface area contributed by atoms with Gasteiger partial charge >= 0.3 is 0 Å². The smallest absolute Gasteiger partial charge is 0.243 e. The number of carbonyl (C=O) groups is 2. The maximum atomic E-state index is 11.9. The van der Waals surface area contributed by atoms with E-state index in [2.05, 4.69) is 37.1 Å². The van der Waals surface area contributed by atoms with Gasteiger partial charge in [-0.2, -0.15) is 12.6 Å². The van der Waals surface area contributed by atoms with E-state index in [-0.39, 0.29) is 17.9 Å². The van der Waals surface area contributed by atoms with Crippen LogP contribution in [0, 0.1) is 5.92 Å². The Balaban J connectivity index is 4.34. The first-order valence-corrected chi connectivity index (χ1v) is 6.77. The van der Waals surface area contributed by atoms with Crippen molar-refractivity contribution in [1.29, 1.82) is 0 Å². The molecule has 4 nitrogen and oxygen atoms in total. The minimum Gasteiger partial charge on any atom is -0.352 e. The second-order valence-electron chi connectivity index (χ2n) is 4.31. The lowest BCUT2D eigenvalue weighted by Crippen LogP contribution is -2.51. The van der Waals surface area contributed by atoms with Gasteiger partial charge in [-0.25, -0.2) is 0 Å². The minimum absolute atomic E-state index is 0.119. The molecule has 0 aromatic heterocycles. The Hall–Kier alpha value is -0.710. The van der Waals surface area contributed by atoms with Crippen LogP contribution in [0.3, 0.4) is 0 Å². The zero-order valence-electron chi connectivity index (χ0n) is 11.1. The number of carbonyl (C=O) groups excluding carboxylic acids is 2. The summed E-state index contributed by atoms with van der Waals surface area (Å²) in [5.74, 6) is 0.405. The van der Waals surface area contributed by atoms with Crippen molar-refractivity contribution in [3.05, 3.63) is 0 Å². The van der Waals surface area contributed by atoms with Gasteiger partial charge in [-0.1, -0.05) is 26.7 Å². The summed E-state index contributed by atoms with van der Waals surface area (Å²) in [4.78, 5) is 22.8. The van der Waals surface area contributed by atoms with E-state index in [1.54, 1.807) is 0 Å². The fraction of sp³-hybridized carbons (Fsp3) is 0.833. The summed E-state index contributed by atoms with van der Waals surface area (Å²) >= 11 is 4.07. The van der Waals surface area contributed by atoms with Crippen LogP contribution in [0.1, 0.15) is 40.5 Å². The number of amides is 2. The molecule has 0 aromatic rings. The van der Waals surface area contributed by atoms with Crippen LogP contribution in [0.2, 0.25) is 0 Å². The van der Waals surface area contributed by atoms with E-state index >= 15 is 0 Å². The molecule has 0 aliphatic heterocycles. The first kappa shape index (κ1) is 16.3. The van der Waals surface area contributed by atoms with Crippen molar-refractivity contribution in [2.75, 3.05) is 5.75 Å². The summed E-state index contributed by atoms with van der Waals surface area (Å²) in [6, 6.07) is -0.429. The lowest BCUT2D eigenvalue weighted by Gasteiger charge is -2.25. The molecular formula is C12H24N2O2S. The molecule has 0 saturated carbocycles. The third-order valence-electron chi connectivity index (χ3n) is 3.00. The molecule has 2 amide bonds. The maximum absolute atomic E-state index is 11.9. The molecule has 17 heavy (non-hydrogen) atoms. The lowest BCUT2D eigenvalue weighted by molar-refractivity contribution is -0.128. The van der Waals surface area contributed by atoms with Gasteiger partial charge in [-0.05, 0) is 12.8 Å². The highest BCUT2D eigenvalue weighted by atomic mass is 32.1. The van der Waals surface area contributed by atoms with Gasteiger partial charge in [0, 0.05) is 18.7 Å². The molecule has 0 radical (unpaired) electrons. The van der Waals surface area contributed by atoms with Crippen LogP contribution in [0.4, 0.5) is 0 Å². The van der Waals surface area contributed by atoms with Crippen molar-refractivity contribution in [2.45, 2.75) is 52.6 Å². The average molecular weight is 260 g/mol. The number of thiol groups is 1. The summed E-state index contributed by atoms with van der Waals surface area (Å²) < 4.78 is 0. The predicted octanol–water partition coefficient (Wildman–Crippen LogP) is 1.36. The van der Waals surface area contributed by atoms with Gasteiger partial charge in [0.2, 0.25) is 11.8 Å². The van der Waals surface area contributed by atoms with Crippen LogP contribution in [-0.4, -0.2) is 29.7 Å². The molecule has 0 heterocycles. The molecular weight excluding hydrogens is 236 g/mol. The predicted molar refractivity (Wildman–Crippen MR) is 73.1 cm³/mol. The molecule has 0 aromatic carbocycles. The van der Waals surface area contributed by atoms with Crippen LogP contribution >= 0.6 is 12.6 Å². The van der Waals surface area contributed by atoms with E-state index in [4.69, 9.17) is 0 Å². The summed E-state index contributed by atoms with van der Waals surface area (Å²) in [5, 5.41) is 5.52. The van der Waals surface area contributed by atoms with Crippen molar-refractivity contribution in [3.63, 3.8) is 0 Å². The fourth-order valence-electron chi connectivity index (χ4n) is 1.88. The van der Waals surface area contributed by atoms with Crippen molar-refractivity contribution in [1.82, 2.24) is 10.6 Å². The topological polar surface area (TPSA) is 58.2 Å². The first-order chi connectivity index (χ1) is 7.96. The number of nitrogens with one attached hydrogen (secondary N) is 2. The summed E-state index contributed by atoms with van der Waals surface area (Å²) in [6.45, 7) is 7.62. The van der Waals surface area contributed by atoms with Crippen molar-refractivity contribution in [2.24, 2.45) is 5.92 Å². The van der Waals surface area contributed by atoms with Crippen LogP contribution in [-0.2, 0) is 9.59 Å². The molecule has 0 aliphatic carbocycles. The van der Waals surface area contributed by atoms with E-state index in [0.717, 1.165) is 12.8 Å². The van der Waals surface area contributed by atoms with Gasteiger partial charge in [0.25, 0.3) is 0 Å². The van der Waals surface area contributed by atoms with E-state index in [1.807, 2.05) is 6.92 Å². The highest BCUT2D eigenvalue weighted by molar-refractivity contribution is 7.80. The zero-order valence-corrected chi connectivity index (χ0v) is 12.0. The molecule has 0 saturated heterocycles. The standard InChI is InChI=1S/C12H24N2O2S/c1-5-10(6-2)8(3)13-12(16)11(7-17)14-9(4)15/h8,10-11,17H,5-7H2,1-4H3,(H,13,16)(H,14,15). The molecule has 100 valence electrons. The maximum Gasteiger partial charge on any atom is 0.243 e. The van der Waals surface area contributed by atoms with Gasteiger partial charge in [0.1, 0.15) is 6.04 Å². The Morgan fingerprint density at radius 3 is 2.06 bits per heavy atom. The quantitative estimate of drug-likeness (QED) is 0.605. The summed E-state index contributed by atoms with van der Waals surface area (Å²) in [5.41, 5.74) is 0. The van der Waals surface area contributed by atoms with Crippen LogP contribution in [0.15, 0.2) is 0 Å². The van der Waals surface area contributed by atoms with E-state index in [1.165, 1.54) is 6.92 Å². The molecule has 0 spiro atoms. The van der Waals surface area contributed by atoms with E-state index in [9.17, 15) is 9.59 Å². The molecule has 0 rings (SSSR count). The van der Waals surface area contributed by atoms with E-state index in [0.29, 0.717) is 11.7 Å². The lowest BCUT2D eigenvalue weighted by atomic mass is 9.95. The Morgan fingerprint density at radius 1 is 1.18 bits per heavy atom. The van der Waals surface area contributed by atoms with E-state index < -0.39 is 6.04 Å². The molecule has 0 aliphatic rings. The highest BCUT2D eigenvalue weighted by Gasteiger charge is 2.22. The number of hydrogen-bond acceptors (Lipinski definition) is 3. The van der Waals surface area contributed by atoms with Gasteiger partial charge in [0.05, 0.1) is 0 Å². The average Bonchev–Trinajstić information content (AvgIpc) is 2.26. The third-order valence-corrected chi connectivity index (χ3v) is 3.37. The van der Waals surface area contributed by atoms with Gasteiger partial charge in [-0.3, -0.25) is 9.59 Å². The molecule has 0 bridgehead atoms. The number of rotatable bonds is 7. The second-order valence-corrected chi connectivity index (χ2v) is 4.67.